The van der Waals surface area contributed by atoms with Crippen molar-refractivity contribution in [3.63, 3.8) is 0 Å². The van der Waals surface area contributed by atoms with Gasteiger partial charge in [0.05, 0.1) is 7.11 Å². The minimum atomic E-state index is -0.492. The van der Waals surface area contributed by atoms with Crippen LogP contribution in [0.3, 0.4) is 0 Å². The molecule has 1 aromatic carbocycles. The first-order valence-corrected chi connectivity index (χ1v) is 6.34. The third-order valence-corrected chi connectivity index (χ3v) is 3.25. The Kier molecular flexibility index (Phi) is 5.96. The molecule has 0 bridgehead atoms. The number of hydrogen-bond donors (Lipinski definition) is 1. The molecular formula is C12H17NO2S. The second kappa shape index (κ2) is 7.30. The van der Waals surface area contributed by atoms with Crippen LogP contribution in [0.2, 0.25) is 0 Å². The van der Waals surface area contributed by atoms with Crippen LogP contribution >= 0.6 is 11.8 Å². The Balaban J connectivity index is 2.15. The van der Waals surface area contributed by atoms with E-state index in [1.54, 1.807) is 11.8 Å². The normalized spacial score (nSPS) is 12.1. The van der Waals surface area contributed by atoms with Gasteiger partial charge in [0.2, 0.25) is 0 Å². The van der Waals surface area contributed by atoms with Crippen LogP contribution in [0.1, 0.15) is 12.0 Å². The van der Waals surface area contributed by atoms with Gasteiger partial charge >= 0.3 is 5.97 Å². The molecule has 0 saturated heterocycles. The molecule has 0 aliphatic carbocycles. The van der Waals surface area contributed by atoms with Crippen LogP contribution in [0.5, 0.6) is 0 Å². The zero-order chi connectivity index (χ0) is 11.8. The number of ether oxygens (including phenoxy) is 1. The smallest absolute Gasteiger partial charge is 0.322 e. The fourth-order valence-electron chi connectivity index (χ4n) is 1.24. The molecule has 0 spiro atoms. The number of esters is 1. The van der Waals surface area contributed by atoms with Crippen molar-refractivity contribution in [2.75, 3.05) is 12.9 Å². The fraction of sp³-hybridized carbons (Fsp3) is 0.417. The lowest BCUT2D eigenvalue weighted by Gasteiger charge is -2.08. The molecule has 1 aromatic rings. The minimum absolute atomic E-state index is 0.333. The topological polar surface area (TPSA) is 52.3 Å². The molecule has 3 nitrogen and oxygen atoms in total. The van der Waals surface area contributed by atoms with Gasteiger partial charge in [-0.05, 0) is 17.7 Å². The minimum Gasteiger partial charge on any atom is -0.468 e. The van der Waals surface area contributed by atoms with Crippen molar-refractivity contribution in [1.82, 2.24) is 0 Å². The monoisotopic (exact) mass is 239 g/mol. The van der Waals surface area contributed by atoms with Crippen LogP contribution in [0.15, 0.2) is 30.3 Å². The van der Waals surface area contributed by atoms with Crippen LogP contribution in [-0.4, -0.2) is 24.9 Å². The number of benzene rings is 1. The Labute approximate surface area is 100 Å². The van der Waals surface area contributed by atoms with E-state index in [2.05, 4.69) is 16.9 Å². The third kappa shape index (κ3) is 4.68. The first-order valence-electron chi connectivity index (χ1n) is 5.19. The molecule has 16 heavy (non-hydrogen) atoms. The van der Waals surface area contributed by atoms with Crippen molar-refractivity contribution in [3.05, 3.63) is 35.9 Å². The second-order valence-electron chi connectivity index (χ2n) is 3.46. The number of nitrogens with two attached hydrogens (primary N) is 1. The number of methoxy groups -OCH3 is 1. The molecule has 0 heterocycles. The van der Waals surface area contributed by atoms with E-state index in [-0.39, 0.29) is 5.97 Å². The van der Waals surface area contributed by atoms with Gasteiger partial charge in [-0.1, -0.05) is 30.3 Å². The lowest BCUT2D eigenvalue weighted by Crippen LogP contribution is -2.31. The molecule has 1 rings (SSSR count). The highest BCUT2D eigenvalue weighted by molar-refractivity contribution is 7.98. The predicted molar refractivity (Wildman–Crippen MR) is 67.2 cm³/mol. The van der Waals surface area contributed by atoms with Crippen molar-refractivity contribution < 1.29 is 9.53 Å². The van der Waals surface area contributed by atoms with Gasteiger partial charge < -0.3 is 10.5 Å². The molecule has 0 aliphatic rings. The first-order chi connectivity index (χ1) is 7.74. The number of rotatable bonds is 6. The summed E-state index contributed by atoms with van der Waals surface area (Å²) in [6.45, 7) is 0. The van der Waals surface area contributed by atoms with Gasteiger partial charge in [0.25, 0.3) is 0 Å². The maximum Gasteiger partial charge on any atom is 0.322 e. The van der Waals surface area contributed by atoms with Crippen molar-refractivity contribution in [2.45, 2.75) is 18.2 Å². The Bertz CT molecular complexity index is 316. The van der Waals surface area contributed by atoms with Gasteiger partial charge in [0, 0.05) is 5.75 Å². The summed E-state index contributed by atoms with van der Waals surface area (Å²) in [5.41, 5.74) is 6.91. The number of carbonyl (C=O) groups is 1. The Morgan fingerprint density at radius 3 is 2.75 bits per heavy atom. The molecule has 1 atom stereocenters. The van der Waals surface area contributed by atoms with Crippen molar-refractivity contribution in [2.24, 2.45) is 5.73 Å². The Hall–Kier alpha value is -1.00. The molecule has 4 heteroatoms. The molecule has 0 aliphatic heterocycles. The average molecular weight is 239 g/mol. The summed E-state index contributed by atoms with van der Waals surface area (Å²) in [5, 5.41) is 0. The maximum absolute atomic E-state index is 11.0. The van der Waals surface area contributed by atoms with Crippen molar-refractivity contribution >= 4 is 17.7 Å². The zero-order valence-corrected chi connectivity index (χ0v) is 10.2. The van der Waals surface area contributed by atoms with E-state index in [0.29, 0.717) is 6.42 Å². The lowest BCUT2D eigenvalue weighted by molar-refractivity contribution is -0.142. The van der Waals surface area contributed by atoms with Crippen LogP contribution < -0.4 is 5.73 Å². The molecule has 0 amide bonds. The van der Waals surface area contributed by atoms with Gasteiger partial charge in [0.15, 0.2) is 0 Å². The molecule has 0 aromatic heterocycles. The molecule has 0 saturated carbocycles. The number of thioether (sulfide) groups is 1. The van der Waals surface area contributed by atoms with Gasteiger partial charge in [0.1, 0.15) is 6.04 Å². The van der Waals surface area contributed by atoms with E-state index in [4.69, 9.17) is 5.73 Å². The number of carbonyl (C=O) groups excluding carboxylic acids is 1. The standard InChI is InChI=1S/C12H17NO2S/c1-15-12(14)11(13)7-8-16-9-10-5-3-2-4-6-10/h2-6,11H,7-9,13H2,1H3. The van der Waals surface area contributed by atoms with E-state index in [1.165, 1.54) is 12.7 Å². The van der Waals surface area contributed by atoms with Gasteiger partial charge in [-0.25, -0.2) is 0 Å². The summed E-state index contributed by atoms with van der Waals surface area (Å²) in [6.07, 6.45) is 0.657. The van der Waals surface area contributed by atoms with E-state index < -0.39 is 6.04 Å². The number of hydrogen-bond acceptors (Lipinski definition) is 4. The molecule has 2 N–H and O–H groups in total. The third-order valence-electron chi connectivity index (χ3n) is 2.19. The van der Waals surface area contributed by atoms with Gasteiger partial charge in [-0.3, -0.25) is 4.79 Å². The highest BCUT2D eigenvalue weighted by atomic mass is 32.2. The van der Waals surface area contributed by atoms with Crippen molar-refractivity contribution in [3.8, 4) is 0 Å². The fourth-order valence-corrected chi connectivity index (χ4v) is 2.24. The summed E-state index contributed by atoms with van der Waals surface area (Å²) >= 11 is 1.77. The van der Waals surface area contributed by atoms with E-state index in [0.717, 1.165) is 11.5 Å². The van der Waals surface area contributed by atoms with Crippen LogP contribution in [0, 0.1) is 0 Å². The molecule has 1 unspecified atom stereocenters. The maximum atomic E-state index is 11.0. The van der Waals surface area contributed by atoms with E-state index in [9.17, 15) is 4.79 Å². The molecular weight excluding hydrogens is 222 g/mol. The van der Waals surface area contributed by atoms with Gasteiger partial charge in [-0.15, -0.1) is 0 Å². The SMILES string of the molecule is COC(=O)C(N)CCSCc1ccccc1. The van der Waals surface area contributed by atoms with E-state index >= 15 is 0 Å². The van der Waals surface area contributed by atoms with Crippen LogP contribution in [0.4, 0.5) is 0 Å². The first kappa shape index (κ1) is 13.1. The Morgan fingerprint density at radius 1 is 1.44 bits per heavy atom. The van der Waals surface area contributed by atoms with E-state index in [1.807, 2.05) is 18.2 Å². The highest BCUT2D eigenvalue weighted by Gasteiger charge is 2.12. The highest BCUT2D eigenvalue weighted by Crippen LogP contribution is 2.13. The molecule has 0 radical (unpaired) electrons. The second-order valence-corrected chi connectivity index (χ2v) is 4.56. The summed E-state index contributed by atoms with van der Waals surface area (Å²) in [6, 6.07) is 9.74. The largest absolute Gasteiger partial charge is 0.468 e. The Morgan fingerprint density at radius 2 is 2.12 bits per heavy atom. The average Bonchev–Trinajstić information content (AvgIpc) is 2.34. The lowest BCUT2D eigenvalue weighted by atomic mass is 10.2. The van der Waals surface area contributed by atoms with Crippen LogP contribution in [-0.2, 0) is 15.3 Å². The summed E-state index contributed by atoms with van der Waals surface area (Å²) in [5.74, 6) is 1.49. The summed E-state index contributed by atoms with van der Waals surface area (Å²) in [4.78, 5) is 11.0. The predicted octanol–water partition coefficient (Wildman–Crippen LogP) is 1.81. The summed E-state index contributed by atoms with van der Waals surface area (Å²) in [7, 11) is 1.36. The van der Waals surface area contributed by atoms with Crippen molar-refractivity contribution in [1.29, 1.82) is 0 Å². The summed E-state index contributed by atoms with van der Waals surface area (Å²) < 4.78 is 4.55. The van der Waals surface area contributed by atoms with Gasteiger partial charge in [-0.2, -0.15) is 11.8 Å². The molecule has 88 valence electrons. The quantitative estimate of drug-likeness (QED) is 0.607. The van der Waals surface area contributed by atoms with Crippen LogP contribution in [0.25, 0.3) is 0 Å². The molecule has 0 fully saturated rings. The zero-order valence-electron chi connectivity index (χ0n) is 9.39.